The fourth-order valence-electron chi connectivity index (χ4n) is 4.37. The number of amides is 1. The summed E-state index contributed by atoms with van der Waals surface area (Å²) in [7, 11) is 0. The van der Waals surface area contributed by atoms with Crippen molar-refractivity contribution in [2.75, 3.05) is 13.1 Å². The van der Waals surface area contributed by atoms with E-state index < -0.39 is 0 Å². The molecule has 1 aliphatic carbocycles. The maximum absolute atomic E-state index is 12.5. The van der Waals surface area contributed by atoms with Crippen LogP contribution in [0.15, 0.2) is 0 Å². The van der Waals surface area contributed by atoms with E-state index in [1.807, 2.05) is 0 Å². The summed E-state index contributed by atoms with van der Waals surface area (Å²) in [6.07, 6.45) is 12.0. The lowest BCUT2D eigenvalue weighted by Crippen LogP contribution is -2.52. The van der Waals surface area contributed by atoms with Crippen LogP contribution in [0.5, 0.6) is 0 Å². The van der Waals surface area contributed by atoms with E-state index in [1.165, 1.54) is 32.1 Å². The van der Waals surface area contributed by atoms with Gasteiger partial charge >= 0.3 is 0 Å². The highest BCUT2D eigenvalue weighted by Gasteiger charge is 2.32. The number of aliphatic hydroxyl groups is 1. The number of hydrogen-bond acceptors (Lipinski definition) is 3. The number of nitrogens with zero attached hydrogens (tertiary/aromatic N) is 1. The average molecular weight is 339 g/mol. The van der Waals surface area contributed by atoms with Gasteiger partial charge in [-0.1, -0.05) is 46.0 Å². The molecule has 1 heterocycles. The number of aliphatic hydroxyl groups excluding tert-OH is 1. The summed E-state index contributed by atoms with van der Waals surface area (Å²) in [5.74, 6) is 0.458. The van der Waals surface area contributed by atoms with Gasteiger partial charge in [0.1, 0.15) is 0 Å². The van der Waals surface area contributed by atoms with E-state index in [4.69, 9.17) is 0 Å². The lowest BCUT2D eigenvalue weighted by Gasteiger charge is -2.41. The smallest absolute Gasteiger partial charge is 0.223 e. The third-order valence-corrected chi connectivity index (χ3v) is 6.06. The zero-order valence-corrected chi connectivity index (χ0v) is 15.8. The van der Waals surface area contributed by atoms with E-state index in [-0.39, 0.29) is 17.9 Å². The molecule has 0 aromatic heterocycles. The first kappa shape index (κ1) is 19.7. The van der Waals surface area contributed by atoms with E-state index in [9.17, 15) is 9.90 Å². The van der Waals surface area contributed by atoms with Gasteiger partial charge in [0.15, 0.2) is 0 Å². The van der Waals surface area contributed by atoms with Crippen molar-refractivity contribution in [2.45, 2.75) is 103 Å². The van der Waals surface area contributed by atoms with Gasteiger partial charge in [0.25, 0.3) is 0 Å². The van der Waals surface area contributed by atoms with Crippen molar-refractivity contribution in [1.29, 1.82) is 0 Å². The van der Waals surface area contributed by atoms with Crippen molar-refractivity contribution in [1.82, 2.24) is 10.2 Å². The van der Waals surface area contributed by atoms with Crippen molar-refractivity contribution < 1.29 is 9.90 Å². The van der Waals surface area contributed by atoms with Crippen LogP contribution in [0.4, 0.5) is 0 Å². The van der Waals surface area contributed by atoms with Crippen molar-refractivity contribution in [3.05, 3.63) is 0 Å². The molecule has 1 saturated heterocycles. The van der Waals surface area contributed by atoms with Crippen molar-refractivity contribution >= 4 is 5.91 Å². The van der Waals surface area contributed by atoms with Crippen LogP contribution in [0.25, 0.3) is 0 Å². The van der Waals surface area contributed by atoms with Gasteiger partial charge < -0.3 is 10.4 Å². The molecule has 3 unspecified atom stereocenters. The standard InChI is InChI=1S/C20H38N2O2/c1-3-5-6-9-16(4-2)20(24)21-17-12-14-22(15-13-17)18-10-7-8-11-19(18)23/h16-19,23H,3-15H2,1-2H3,(H,21,24). The molecule has 0 aromatic rings. The van der Waals surface area contributed by atoms with Crippen molar-refractivity contribution in [3.8, 4) is 0 Å². The van der Waals surface area contributed by atoms with Crippen LogP contribution < -0.4 is 5.32 Å². The minimum absolute atomic E-state index is 0.145. The Kier molecular flexibility index (Phi) is 8.54. The van der Waals surface area contributed by atoms with Crippen molar-refractivity contribution in [2.24, 2.45) is 5.92 Å². The van der Waals surface area contributed by atoms with Crippen LogP contribution in [0.2, 0.25) is 0 Å². The van der Waals surface area contributed by atoms with Gasteiger partial charge in [-0.2, -0.15) is 0 Å². The Bertz CT molecular complexity index is 367. The summed E-state index contributed by atoms with van der Waals surface area (Å²) >= 11 is 0. The van der Waals surface area contributed by atoms with E-state index >= 15 is 0 Å². The van der Waals surface area contributed by atoms with E-state index in [2.05, 4.69) is 24.1 Å². The van der Waals surface area contributed by atoms with E-state index in [0.29, 0.717) is 12.1 Å². The Morgan fingerprint density at radius 1 is 1.12 bits per heavy atom. The normalized spacial score (nSPS) is 27.8. The predicted octanol–water partition coefficient (Wildman–Crippen LogP) is 3.48. The lowest BCUT2D eigenvalue weighted by atomic mass is 9.89. The van der Waals surface area contributed by atoms with Crippen LogP contribution in [0, 0.1) is 5.92 Å². The minimum atomic E-state index is -0.145. The van der Waals surface area contributed by atoms with Gasteiger partial charge in [-0.25, -0.2) is 0 Å². The van der Waals surface area contributed by atoms with Crippen LogP contribution in [-0.4, -0.2) is 47.2 Å². The zero-order chi connectivity index (χ0) is 17.4. The maximum Gasteiger partial charge on any atom is 0.223 e. The van der Waals surface area contributed by atoms with Crippen LogP contribution in [0.3, 0.4) is 0 Å². The number of hydrogen-bond donors (Lipinski definition) is 2. The molecule has 0 radical (unpaired) electrons. The monoisotopic (exact) mass is 338 g/mol. The van der Waals surface area contributed by atoms with Gasteiger partial charge in [-0.3, -0.25) is 9.69 Å². The third kappa shape index (κ3) is 5.73. The molecule has 2 fully saturated rings. The Morgan fingerprint density at radius 2 is 1.83 bits per heavy atom. The fraction of sp³-hybridized carbons (Fsp3) is 0.950. The summed E-state index contributed by atoms with van der Waals surface area (Å²) in [4.78, 5) is 15.0. The largest absolute Gasteiger partial charge is 0.391 e. The molecule has 2 N–H and O–H groups in total. The first-order valence-corrected chi connectivity index (χ1v) is 10.4. The van der Waals surface area contributed by atoms with Gasteiger partial charge in [-0.15, -0.1) is 0 Å². The molecule has 0 spiro atoms. The number of nitrogens with one attached hydrogen (secondary N) is 1. The Labute approximate surface area is 148 Å². The van der Waals surface area contributed by atoms with Crippen LogP contribution in [-0.2, 0) is 4.79 Å². The highest BCUT2D eigenvalue weighted by Crippen LogP contribution is 2.26. The van der Waals surface area contributed by atoms with E-state index in [1.54, 1.807) is 0 Å². The number of carbonyl (C=O) groups is 1. The molecule has 3 atom stereocenters. The number of carbonyl (C=O) groups excluding carboxylic acids is 1. The van der Waals surface area contributed by atoms with Crippen LogP contribution >= 0.6 is 0 Å². The third-order valence-electron chi connectivity index (χ3n) is 6.06. The Hall–Kier alpha value is -0.610. The van der Waals surface area contributed by atoms with Crippen LogP contribution in [0.1, 0.15) is 84.5 Å². The number of likely N-dealkylation sites (tertiary alicyclic amines) is 1. The molecule has 1 saturated carbocycles. The highest BCUT2D eigenvalue weighted by molar-refractivity contribution is 5.78. The summed E-state index contributed by atoms with van der Waals surface area (Å²) in [6, 6.07) is 0.683. The first-order chi connectivity index (χ1) is 11.7. The molecule has 2 rings (SSSR count). The second-order valence-electron chi connectivity index (χ2n) is 7.84. The number of rotatable bonds is 8. The summed E-state index contributed by atoms with van der Waals surface area (Å²) in [5, 5.41) is 13.5. The second kappa shape index (κ2) is 10.4. The molecule has 4 nitrogen and oxygen atoms in total. The summed E-state index contributed by atoms with van der Waals surface area (Å²) in [5.41, 5.74) is 0. The molecule has 140 valence electrons. The highest BCUT2D eigenvalue weighted by atomic mass is 16.3. The van der Waals surface area contributed by atoms with Gasteiger partial charge in [-0.05, 0) is 38.5 Å². The van der Waals surface area contributed by atoms with Gasteiger partial charge in [0.2, 0.25) is 5.91 Å². The molecular formula is C20H38N2O2. The molecular weight excluding hydrogens is 300 g/mol. The SMILES string of the molecule is CCCCCC(CC)C(=O)NC1CCN(C2CCCCC2O)CC1. The molecule has 24 heavy (non-hydrogen) atoms. The summed E-state index contributed by atoms with van der Waals surface area (Å²) < 4.78 is 0. The maximum atomic E-state index is 12.5. The predicted molar refractivity (Wildman–Crippen MR) is 98.9 cm³/mol. The molecule has 4 heteroatoms. The van der Waals surface area contributed by atoms with Gasteiger partial charge in [0, 0.05) is 31.1 Å². The Morgan fingerprint density at radius 3 is 2.46 bits per heavy atom. The quantitative estimate of drug-likeness (QED) is 0.666. The fourth-order valence-corrected chi connectivity index (χ4v) is 4.37. The Balaban J connectivity index is 1.72. The first-order valence-electron chi connectivity index (χ1n) is 10.4. The molecule has 1 amide bonds. The van der Waals surface area contributed by atoms with E-state index in [0.717, 1.165) is 51.6 Å². The molecule has 0 aromatic carbocycles. The molecule has 0 bridgehead atoms. The number of piperidine rings is 1. The minimum Gasteiger partial charge on any atom is -0.391 e. The average Bonchev–Trinajstić information content (AvgIpc) is 2.60. The topological polar surface area (TPSA) is 52.6 Å². The summed E-state index contributed by atoms with van der Waals surface area (Å²) in [6.45, 7) is 6.36. The molecule has 1 aliphatic heterocycles. The lowest BCUT2D eigenvalue weighted by molar-refractivity contribution is -0.126. The van der Waals surface area contributed by atoms with Crippen molar-refractivity contribution in [3.63, 3.8) is 0 Å². The van der Waals surface area contributed by atoms with Gasteiger partial charge in [0.05, 0.1) is 6.10 Å². The second-order valence-corrected chi connectivity index (χ2v) is 7.84. The zero-order valence-electron chi connectivity index (χ0n) is 15.8. The molecule has 2 aliphatic rings. The number of unbranched alkanes of at least 4 members (excludes halogenated alkanes) is 2.